The molecule has 2 saturated carbocycles. The first kappa shape index (κ1) is 8.54. The molecule has 2 heteroatoms. The monoisotopic (exact) mass is 192 g/mol. The van der Waals surface area contributed by atoms with Gasteiger partial charge in [0.05, 0.1) is 11.9 Å². The Morgan fingerprint density at radius 1 is 1.43 bits per heavy atom. The summed E-state index contributed by atoms with van der Waals surface area (Å²) in [6.45, 7) is 0. The van der Waals surface area contributed by atoms with Crippen LogP contribution in [0, 0.1) is 11.8 Å². The molecule has 2 aliphatic rings. The lowest BCUT2D eigenvalue weighted by Gasteiger charge is -2.12. The number of hydrogen-bond donors (Lipinski definition) is 1. The normalized spacial score (nSPS) is 39.8. The topological polar surface area (TPSA) is 33.4 Å². The number of rotatable bonds is 3. The Labute approximate surface area is 83.9 Å². The lowest BCUT2D eigenvalue weighted by molar-refractivity contribution is 0.0954. The minimum atomic E-state index is -0.328. The third-order valence-electron chi connectivity index (χ3n) is 4.04. The molecule has 0 aliphatic heterocycles. The average Bonchev–Trinajstić information content (AvgIpc) is 2.77. The molecule has 14 heavy (non-hydrogen) atoms. The molecule has 3 rings (SSSR count). The molecule has 1 N–H and O–H groups in total. The highest BCUT2D eigenvalue weighted by atomic mass is 16.3. The van der Waals surface area contributed by atoms with Crippen LogP contribution >= 0.6 is 0 Å². The largest absolute Gasteiger partial charge is 0.469 e. The van der Waals surface area contributed by atoms with Crippen molar-refractivity contribution in [2.45, 2.75) is 37.7 Å². The Hall–Kier alpha value is -0.760. The minimum absolute atomic E-state index is 0.328. The maximum atomic E-state index is 10.3. The van der Waals surface area contributed by atoms with Gasteiger partial charge in [0, 0.05) is 6.42 Å². The average molecular weight is 192 g/mol. The number of hydrogen-bond acceptors (Lipinski definition) is 2. The van der Waals surface area contributed by atoms with E-state index in [4.69, 9.17) is 4.42 Å². The zero-order valence-electron chi connectivity index (χ0n) is 8.28. The van der Waals surface area contributed by atoms with Gasteiger partial charge in [0.15, 0.2) is 0 Å². The Morgan fingerprint density at radius 2 is 2.21 bits per heavy atom. The van der Waals surface area contributed by atoms with Crippen molar-refractivity contribution in [2.75, 3.05) is 0 Å². The van der Waals surface area contributed by atoms with Crippen molar-refractivity contribution in [3.8, 4) is 0 Å². The van der Waals surface area contributed by atoms with E-state index in [1.165, 1.54) is 19.3 Å². The molecule has 2 nitrogen and oxygen atoms in total. The fourth-order valence-electron chi connectivity index (χ4n) is 3.20. The molecule has 0 spiro atoms. The molecular formula is C12H16O2. The number of aliphatic hydroxyl groups is 1. The van der Waals surface area contributed by atoms with Crippen LogP contribution in [0.3, 0.4) is 0 Å². The molecule has 1 aromatic rings. The van der Waals surface area contributed by atoms with Gasteiger partial charge in [-0.3, -0.25) is 0 Å². The van der Waals surface area contributed by atoms with E-state index in [-0.39, 0.29) is 5.60 Å². The lowest BCUT2D eigenvalue weighted by Crippen LogP contribution is -2.16. The summed E-state index contributed by atoms with van der Waals surface area (Å²) in [5.74, 6) is 2.22. The van der Waals surface area contributed by atoms with Gasteiger partial charge in [-0.1, -0.05) is 6.42 Å². The summed E-state index contributed by atoms with van der Waals surface area (Å²) in [5, 5.41) is 10.3. The first-order chi connectivity index (χ1) is 6.81. The van der Waals surface area contributed by atoms with Crippen LogP contribution in [0.5, 0.6) is 0 Å². The molecule has 76 valence electrons. The molecular weight excluding hydrogens is 176 g/mol. The third kappa shape index (κ3) is 1.13. The summed E-state index contributed by atoms with van der Waals surface area (Å²) in [7, 11) is 0. The van der Waals surface area contributed by atoms with Gasteiger partial charge in [-0.15, -0.1) is 0 Å². The summed E-state index contributed by atoms with van der Waals surface area (Å²) in [5.41, 5.74) is -0.328. The zero-order valence-corrected chi connectivity index (χ0v) is 8.28. The van der Waals surface area contributed by atoms with Crippen molar-refractivity contribution >= 4 is 0 Å². The quantitative estimate of drug-likeness (QED) is 0.797. The van der Waals surface area contributed by atoms with Crippen LogP contribution < -0.4 is 0 Å². The predicted molar refractivity (Wildman–Crippen MR) is 52.8 cm³/mol. The molecule has 0 saturated heterocycles. The maximum Gasteiger partial charge on any atom is 0.103 e. The molecule has 2 fully saturated rings. The second kappa shape index (κ2) is 2.86. The van der Waals surface area contributed by atoms with E-state index in [0.717, 1.165) is 18.6 Å². The van der Waals surface area contributed by atoms with Gasteiger partial charge in [-0.2, -0.15) is 0 Å². The fraction of sp³-hybridized carbons (Fsp3) is 0.667. The summed E-state index contributed by atoms with van der Waals surface area (Å²) in [4.78, 5) is 0. The van der Waals surface area contributed by atoms with Gasteiger partial charge < -0.3 is 9.52 Å². The van der Waals surface area contributed by atoms with Crippen molar-refractivity contribution < 1.29 is 9.52 Å². The zero-order chi connectivity index (χ0) is 9.60. The first-order valence-corrected chi connectivity index (χ1v) is 5.55. The first-order valence-electron chi connectivity index (χ1n) is 5.55. The highest BCUT2D eigenvalue weighted by Gasteiger charge is 2.64. The van der Waals surface area contributed by atoms with Gasteiger partial charge in [0.2, 0.25) is 0 Å². The van der Waals surface area contributed by atoms with E-state index < -0.39 is 0 Å². The van der Waals surface area contributed by atoms with Gasteiger partial charge in [0.25, 0.3) is 0 Å². The van der Waals surface area contributed by atoms with Gasteiger partial charge in [-0.25, -0.2) is 0 Å². The van der Waals surface area contributed by atoms with Crippen molar-refractivity contribution in [2.24, 2.45) is 11.8 Å². The van der Waals surface area contributed by atoms with E-state index in [1.807, 2.05) is 12.1 Å². The van der Waals surface area contributed by atoms with Crippen molar-refractivity contribution in [3.63, 3.8) is 0 Å². The van der Waals surface area contributed by atoms with Crippen molar-refractivity contribution in [1.29, 1.82) is 0 Å². The van der Waals surface area contributed by atoms with E-state index in [9.17, 15) is 5.11 Å². The lowest BCUT2D eigenvalue weighted by atomic mass is 10.0. The van der Waals surface area contributed by atoms with Crippen LogP contribution in [0.1, 0.15) is 31.4 Å². The molecule has 0 amide bonds. The third-order valence-corrected chi connectivity index (χ3v) is 4.04. The summed E-state index contributed by atoms with van der Waals surface area (Å²) < 4.78 is 5.27. The smallest absolute Gasteiger partial charge is 0.103 e. The molecule has 2 unspecified atom stereocenters. The van der Waals surface area contributed by atoms with Crippen LogP contribution in [0.4, 0.5) is 0 Å². The number of furan rings is 1. The van der Waals surface area contributed by atoms with Crippen LogP contribution in [0.2, 0.25) is 0 Å². The van der Waals surface area contributed by atoms with E-state index in [1.54, 1.807) is 6.26 Å². The van der Waals surface area contributed by atoms with Crippen LogP contribution in [0.25, 0.3) is 0 Å². The SMILES string of the molecule is OC1(CCc2ccco2)C2CCCC21. The van der Waals surface area contributed by atoms with E-state index >= 15 is 0 Å². The van der Waals surface area contributed by atoms with E-state index in [0.29, 0.717) is 11.8 Å². The molecule has 2 atom stereocenters. The molecule has 1 heterocycles. The Kier molecular flexibility index (Phi) is 1.75. The molecule has 2 aliphatic carbocycles. The second-order valence-electron chi connectivity index (χ2n) is 4.71. The minimum Gasteiger partial charge on any atom is -0.469 e. The molecule has 0 radical (unpaired) electrons. The van der Waals surface area contributed by atoms with Gasteiger partial charge in [0.1, 0.15) is 5.76 Å². The summed E-state index contributed by atoms with van der Waals surface area (Å²) in [6, 6.07) is 3.90. The molecule has 1 aromatic heterocycles. The van der Waals surface area contributed by atoms with Gasteiger partial charge >= 0.3 is 0 Å². The Bertz CT molecular complexity index is 305. The van der Waals surface area contributed by atoms with E-state index in [2.05, 4.69) is 0 Å². The summed E-state index contributed by atoms with van der Waals surface area (Å²) in [6.07, 6.45) is 7.26. The van der Waals surface area contributed by atoms with Crippen LogP contribution in [-0.4, -0.2) is 10.7 Å². The highest BCUT2D eigenvalue weighted by molar-refractivity contribution is 5.16. The molecule has 0 aromatic carbocycles. The van der Waals surface area contributed by atoms with Crippen molar-refractivity contribution in [3.05, 3.63) is 24.2 Å². The number of fused-ring (bicyclic) bond motifs is 1. The van der Waals surface area contributed by atoms with Gasteiger partial charge in [-0.05, 0) is 43.2 Å². The molecule has 0 bridgehead atoms. The fourth-order valence-corrected chi connectivity index (χ4v) is 3.20. The standard InChI is InChI=1S/C12H16O2/c13-12(10-4-1-5-11(10)12)7-6-9-3-2-8-14-9/h2-3,8,10-11,13H,1,4-7H2. The Morgan fingerprint density at radius 3 is 2.86 bits per heavy atom. The number of aryl methyl sites for hydroxylation is 1. The Balaban J connectivity index is 1.59. The van der Waals surface area contributed by atoms with Crippen molar-refractivity contribution in [1.82, 2.24) is 0 Å². The maximum absolute atomic E-state index is 10.3. The van der Waals surface area contributed by atoms with Crippen LogP contribution in [0.15, 0.2) is 22.8 Å². The second-order valence-corrected chi connectivity index (χ2v) is 4.71. The summed E-state index contributed by atoms with van der Waals surface area (Å²) >= 11 is 0. The van der Waals surface area contributed by atoms with Crippen LogP contribution in [-0.2, 0) is 6.42 Å². The predicted octanol–water partition coefficient (Wildman–Crippen LogP) is 2.37. The highest BCUT2D eigenvalue weighted by Crippen LogP contribution is 2.62.